The fourth-order valence-corrected chi connectivity index (χ4v) is 8.01. The topological polar surface area (TPSA) is 56.7 Å². The predicted octanol–water partition coefficient (Wildman–Crippen LogP) is 13.2. The molecule has 3 heterocycles. The van der Waals surface area contributed by atoms with E-state index in [1.54, 1.807) is 0 Å². The monoisotopic (exact) mass is 716 g/mol. The molecule has 0 saturated heterocycles. The van der Waals surface area contributed by atoms with Crippen LogP contribution in [-0.4, -0.2) is 19.5 Å². The number of para-hydroxylation sites is 3. The number of fused-ring (bicyclic) bond motifs is 6. The van der Waals surface area contributed by atoms with E-state index in [1.165, 1.54) is 16.3 Å². The Morgan fingerprint density at radius 3 is 1.71 bits per heavy atom. The Morgan fingerprint density at radius 1 is 0.321 bits per heavy atom. The average molecular weight is 717 g/mol. The fourth-order valence-electron chi connectivity index (χ4n) is 8.01. The number of aromatic nitrogens is 4. The van der Waals surface area contributed by atoms with Crippen LogP contribution in [0, 0.1) is 0 Å². The first-order chi connectivity index (χ1) is 27.7. The molecule has 0 amide bonds. The summed E-state index contributed by atoms with van der Waals surface area (Å²) in [6.07, 6.45) is 0. The summed E-state index contributed by atoms with van der Waals surface area (Å²) in [4.78, 5) is 15.7. The lowest BCUT2D eigenvalue weighted by Gasteiger charge is -2.13. The first-order valence-corrected chi connectivity index (χ1v) is 18.8. The van der Waals surface area contributed by atoms with Crippen molar-refractivity contribution < 1.29 is 4.42 Å². The second-order valence-corrected chi connectivity index (χ2v) is 14.0. The zero-order valence-electron chi connectivity index (χ0n) is 30.2. The van der Waals surface area contributed by atoms with Crippen LogP contribution in [0.4, 0.5) is 0 Å². The molecular weight excluding hydrogens is 685 g/mol. The van der Waals surface area contributed by atoms with Crippen molar-refractivity contribution >= 4 is 43.7 Å². The summed E-state index contributed by atoms with van der Waals surface area (Å²) in [6, 6.07) is 67.5. The van der Waals surface area contributed by atoms with Crippen molar-refractivity contribution in [3.05, 3.63) is 194 Å². The van der Waals surface area contributed by atoms with Crippen LogP contribution in [0.5, 0.6) is 0 Å². The molecule has 0 saturated carbocycles. The predicted molar refractivity (Wildman–Crippen MR) is 229 cm³/mol. The van der Waals surface area contributed by atoms with Gasteiger partial charge >= 0.3 is 0 Å². The van der Waals surface area contributed by atoms with Crippen LogP contribution in [0.1, 0.15) is 0 Å². The minimum absolute atomic E-state index is 0.573. The van der Waals surface area contributed by atoms with E-state index in [0.717, 1.165) is 72.0 Å². The Morgan fingerprint density at radius 2 is 0.893 bits per heavy atom. The van der Waals surface area contributed by atoms with Crippen LogP contribution in [0.15, 0.2) is 199 Å². The Balaban J connectivity index is 1.13. The van der Waals surface area contributed by atoms with Gasteiger partial charge in [0.2, 0.25) is 0 Å². The summed E-state index contributed by atoms with van der Waals surface area (Å²) in [6.45, 7) is 0. The van der Waals surface area contributed by atoms with Gasteiger partial charge in [0.05, 0.1) is 11.0 Å². The van der Waals surface area contributed by atoms with E-state index in [0.29, 0.717) is 17.5 Å². The lowest BCUT2D eigenvalue weighted by atomic mass is 9.95. The zero-order valence-corrected chi connectivity index (χ0v) is 30.2. The highest BCUT2D eigenvalue weighted by Gasteiger charge is 2.19. The smallest absolute Gasteiger partial charge is 0.164 e. The SMILES string of the molecule is c1ccc(-c2cccc(-c3ccccc3-c3nc(-c4ccc5c(c4)oc4ccccc45)nc(-c4ccc5c6ccccc6n(-c6ccccc6)c5c4)n3)c2)cc1. The Bertz CT molecular complexity index is 3250. The van der Waals surface area contributed by atoms with Crippen LogP contribution < -0.4 is 0 Å². The summed E-state index contributed by atoms with van der Waals surface area (Å²) in [5, 5.41) is 4.50. The highest BCUT2D eigenvalue weighted by molar-refractivity contribution is 6.10. The summed E-state index contributed by atoms with van der Waals surface area (Å²) in [5.74, 6) is 1.76. The standard InChI is InChI=1S/C51H32N4O/c1-3-14-33(15-4-1)34-16-13-17-35(30-34)39-20-7-8-23-44(39)51-53-49(52-50(54-51)37-27-29-43-42-22-10-12-25-47(42)56-48(43)32-37)36-26-28-41-40-21-9-11-24-45(40)55(46(41)31-36)38-18-5-2-6-19-38/h1-32H. The number of furan rings is 1. The van der Waals surface area contributed by atoms with Crippen LogP contribution >= 0.6 is 0 Å². The number of benzene rings is 8. The minimum atomic E-state index is 0.573. The average Bonchev–Trinajstić information content (AvgIpc) is 3.82. The van der Waals surface area contributed by atoms with Gasteiger partial charge in [-0.3, -0.25) is 0 Å². The highest BCUT2D eigenvalue weighted by atomic mass is 16.3. The van der Waals surface area contributed by atoms with Gasteiger partial charge in [0.25, 0.3) is 0 Å². The summed E-state index contributed by atoms with van der Waals surface area (Å²) < 4.78 is 8.65. The van der Waals surface area contributed by atoms with E-state index >= 15 is 0 Å². The summed E-state index contributed by atoms with van der Waals surface area (Å²) >= 11 is 0. The molecule has 5 nitrogen and oxygen atoms in total. The maximum atomic E-state index is 6.33. The highest BCUT2D eigenvalue weighted by Crippen LogP contribution is 2.38. The van der Waals surface area contributed by atoms with E-state index in [4.69, 9.17) is 19.4 Å². The van der Waals surface area contributed by atoms with Gasteiger partial charge in [-0.05, 0) is 70.8 Å². The Labute approximate surface area is 322 Å². The molecule has 0 fully saturated rings. The second kappa shape index (κ2) is 13.0. The van der Waals surface area contributed by atoms with Crippen molar-refractivity contribution in [1.82, 2.24) is 19.5 Å². The third-order valence-electron chi connectivity index (χ3n) is 10.7. The molecule has 11 rings (SSSR count). The molecule has 0 atom stereocenters. The number of hydrogen-bond acceptors (Lipinski definition) is 4. The van der Waals surface area contributed by atoms with Crippen LogP contribution in [0.25, 0.3) is 106 Å². The molecule has 11 aromatic rings. The number of nitrogens with zero attached hydrogens (tertiary/aromatic N) is 4. The van der Waals surface area contributed by atoms with Gasteiger partial charge in [-0.15, -0.1) is 0 Å². The van der Waals surface area contributed by atoms with Crippen LogP contribution in [-0.2, 0) is 0 Å². The first-order valence-electron chi connectivity index (χ1n) is 18.8. The molecule has 0 spiro atoms. The maximum Gasteiger partial charge on any atom is 0.164 e. The Hall–Kier alpha value is -7.63. The molecule has 5 heteroatoms. The second-order valence-electron chi connectivity index (χ2n) is 14.0. The van der Waals surface area contributed by atoms with Crippen molar-refractivity contribution in [3.8, 4) is 62.1 Å². The van der Waals surface area contributed by atoms with Crippen molar-refractivity contribution in [3.63, 3.8) is 0 Å². The van der Waals surface area contributed by atoms with E-state index in [2.05, 4.69) is 162 Å². The molecule has 0 radical (unpaired) electrons. The minimum Gasteiger partial charge on any atom is -0.456 e. The molecule has 3 aromatic heterocycles. The Kier molecular flexibility index (Phi) is 7.42. The molecule has 0 aliphatic rings. The van der Waals surface area contributed by atoms with Gasteiger partial charge in [0.1, 0.15) is 11.2 Å². The van der Waals surface area contributed by atoms with Crippen molar-refractivity contribution in [2.24, 2.45) is 0 Å². The lowest BCUT2D eigenvalue weighted by Crippen LogP contribution is -2.01. The molecule has 56 heavy (non-hydrogen) atoms. The lowest BCUT2D eigenvalue weighted by molar-refractivity contribution is 0.669. The normalized spacial score (nSPS) is 11.6. The largest absolute Gasteiger partial charge is 0.456 e. The van der Waals surface area contributed by atoms with Gasteiger partial charge in [0, 0.05) is 43.9 Å². The van der Waals surface area contributed by atoms with E-state index in [1.807, 2.05) is 36.4 Å². The molecular formula is C51H32N4O. The summed E-state index contributed by atoms with van der Waals surface area (Å²) in [5.41, 5.74) is 12.1. The maximum absolute atomic E-state index is 6.33. The van der Waals surface area contributed by atoms with Gasteiger partial charge < -0.3 is 8.98 Å². The van der Waals surface area contributed by atoms with E-state index in [9.17, 15) is 0 Å². The van der Waals surface area contributed by atoms with Gasteiger partial charge in [-0.2, -0.15) is 0 Å². The zero-order chi connectivity index (χ0) is 37.0. The fraction of sp³-hybridized carbons (Fsp3) is 0. The number of hydrogen-bond donors (Lipinski definition) is 0. The number of rotatable bonds is 6. The van der Waals surface area contributed by atoms with Crippen LogP contribution in [0.3, 0.4) is 0 Å². The molecule has 0 aliphatic carbocycles. The van der Waals surface area contributed by atoms with Crippen molar-refractivity contribution in [1.29, 1.82) is 0 Å². The van der Waals surface area contributed by atoms with Crippen molar-refractivity contribution in [2.45, 2.75) is 0 Å². The quantitative estimate of drug-likeness (QED) is 0.172. The first kappa shape index (κ1) is 31.9. The van der Waals surface area contributed by atoms with Gasteiger partial charge in [-0.1, -0.05) is 146 Å². The van der Waals surface area contributed by atoms with Crippen molar-refractivity contribution in [2.75, 3.05) is 0 Å². The summed E-state index contributed by atoms with van der Waals surface area (Å²) in [7, 11) is 0. The molecule has 262 valence electrons. The van der Waals surface area contributed by atoms with Gasteiger partial charge in [-0.25, -0.2) is 15.0 Å². The molecule has 8 aromatic carbocycles. The van der Waals surface area contributed by atoms with Crippen LogP contribution in [0.2, 0.25) is 0 Å². The third kappa shape index (κ3) is 5.37. The molecule has 0 unspecified atom stereocenters. The molecule has 0 N–H and O–H groups in total. The molecule has 0 bridgehead atoms. The van der Waals surface area contributed by atoms with Gasteiger partial charge in [0.15, 0.2) is 17.5 Å². The third-order valence-corrected chi connectivity index (χ3v) is 10.7. The van der Waals surface area contributed by atoms with E-state index in [-0.39, 0.29) is 0 Å². The molecule has 0 aliphatic heterocycles. The van der Waals surface area contributed by atoms with E-state index < -0.39 is 0 Å².